The number of halogens is 2. The van der Waals surface area contributed by atoms with Gasteiger partial charge in [-0.15, -0.1) is 0 Å². The van der Waals surface area contributed by atoms with Gasteiger partial charge < -0.3 is 9.80 Å². The number of fused-ring (bicyclic) bond motifs is 9. The summed E-state index contributed by atoms with van der Waals surface area (Å²) >= 11 is 0. The van der Waals surface area contributed by atoms with Gasteiger partial charge in [0, 0.05) is 39.2 Å². The van der Waals surface area contributed by atoms with Gasteiger partial charge in [-0.25, -0.2) is 8.78 Å². The van der Waals surface area contributed by atoms with Crippen molar-refractivity contribution < 1.29 is 8.78 Å². The van der Waals surface area contributed by atoms with E-state index in [1.807, 2.05) is 6.07 Å². The first-order chi connectivity index (χ1) is 30.5. The van der Waals surface area contributed by atoms with Crippen LogP contribution in [0.2, 0.25) is 0 Å². The van der Waals surface area contributed by atoms with Gasteiger partial charge in [-0.05, 0) is 168 Å². The van der Waals surface area contributed by atoms with Crippen molar-refractivity contribution in [1.29, 1.82) is 0 Å². The van der Waals surface area contributed by atoms with Crippen molar-refractivity contribution in [1.82, 2.24) is 0 Å². The molecule has 0 amide bonds. The first-order valence-electron chi connectivity index (χ1n) is 23.5. The van der Waals surface area contributed by atoms with Crippen LogP contribution in [0.4, 0.5) is 31.5 Å². The van der Waals surface area contributed by atoms with Crippen LogP contribution in [0.5, 0.6) is 0 Å². The predicted octanol–water partition coefficient (Wildman–Crippen LogP) is 15.5. The summed E-state index contributed by atoms with van der Waals surface area (Å²) in [7, 11) is 0. The third-order valence-electron chi connectivity index (χ3n) is 17.6. The average Bonchev–Trinajstić information content (AvgIpc) is 3.58. The zero-order valence-electron chi connectivity index (χ0n) is 37.1. The summed E-state index contributed by atoms with van der Waals surface area (Å²) in [5.41, 5.74) is 13.2. The molecule has 0 saturated heterocycles. The molecule has 2 fully saturated rings. The maximum Gasteiger partial charge on any atom is 0.123 e. The Labute approximate surface area is 371 Å². The maximum atomic E-state index is 15.3. The Morgan fingerprint density at radius 3 is 1.54 bits per heavy atom. The minimum atomic E-state index is -0.682. The second kappa shape index (κ2) is 13.6. The van der Waals surface area contributed by atoms with E-state index in [1.54, 1.807) is 24.3 Å². The highest BCUT2D eigenvalue weighted by molar-refractivity contribution is 6.10. The van der Waals surface area contributed by atoms with Crippen molar-refractivity contribution >= 4 is 33.5 Å². The lowest BCUT2D eigenvalue weighted by Crippen LogP contribution is -2.60. The van der Waals surface area contributed by atoms with E-state index in [2.05, 4.69) is 153 Å². The molecule has 316 valence electrons. The molecule has 4 heteroatoms. The van der Waals surface area contributed by atoms with Crippen LogP contribution in [0.25, 0.3) is 21.9 Å². The van der Waals surface area contributed by atoms with Gasteiger partial charge in [0.25, 0.3) is 0 Å². The fourth-order valence-electron chi connectivity index (χ4n) is 14.1. The Kier molecular flexibility index (Phi) is 8.42. The molecule has 4 unspecified atom stereocenters. The molecule has 0 radical (unpaired) electrons. The van der Waals surface area contributed by atoms with Crippen molar-refractivity contribution in [3.63, 3.8) is 0 Å². The van der Waals surface area contributed by atoms with Crippen LogP contribution in [-0.4, -0.2) is 11.1 Å². The predicted molar refractivity (Wildman–Crippen MR) is 256 cm³/mol. The van der Waals surface area contributed by atoms with Gasteiger partial charge >= 0.3 is 0 Å². The summed E-state index contributed by atoms with van der Waals surface area (Å²) in [5.74, 6) is -0.336. The number of benzene rings is 7. The lowest BCUT2D eigenvalue weighted by molar-refractivity contribution is 0.0861. The largest absolute Gasteiger partial charge is 0.335 e. The van der Waals surface area contributed by atoms with E-state index in [0.717, 1.165) is 66.7 Å². The smallest absolute Gasteiger partial charge is 0.123 e. The topological polar surface area (TPSA) is 6.48 Å². The second-order valence-electron chi connectivity index (χ2n) is 20.7. The molecule has 2 nitrogen and oxygen atoms in total. The van der Waals surface area contributed by atoms with E-state index in [1.165, 1.54) is 75.5 Å². The van der Waals surface area contributed by atoms with Gasteiger partial charge in [-0.3, -0.25) is 0 Å². The van der Waals surface area contributed by atoms with Gasteiger partial charge in [-0.2, -0.15) is 0 Å². The fourth-order valence-corrected chi connectivity index (χ4v) is 14.1. The molecule has 7 aromatic carbocycles. The monoisotopic (exact) mass is 830 g/mol. The first-order valence-corrected chi connectivity index (χ1v) is 23.5. The Bertz CT molecular complexity index is 2940. The highest BCUT2D eigenvalue weighted by Crippen LogP contribution is 2.64. The molecule has 2 saturated carbocycles. The van der Waals surface area contributed by atoms with Gasteiger partial charge in [-0.1, -0.05) is 131 Å². The summed E-state index contributed by atoms with van der Waals surface area (Å²) in [5, 5.41) is 2.45. The van der Waals surface area contributed by atoms with Crippen molar-refractivity contribution in [2.75, 3.05) is 9.80 Å². The Morgan fingerprint density at radius 2 is 0.952 bits per heavy atom. The number of hydrogen-bond donors (Lipinski definition) is 0. The summed E-state index contributed by atoms with van der Waals surface area (Å²) in [4.78, 5) is 5.28. The highest BCUT2D eigenvalue weighted by Gasteiger charge is 2.57. The molecule has 5 aliphatic rings. The van der Waals surface area contributed by atoms with Crippen molar-refractivity contribution in [2.45, 2.75) is 108 Å². The summed E-state index contributed by atoms with van der Waals surface area (Å²) in [6.45, 7) is 9.88. The molecule has 0 N–H and O–H groups in total. The van der Waals surface area contributed by atoms with E-state index in [4.69, 9.17) is 0 Å². The Balaban J connectivity index is 1.19. The highest BCUT2D eigenvalue weighted by atomic mass is 19.1. The van der Waals surface area contributed by atoms with Crippen LogP contribution in [0.1, 0.15) is 112 Å². The standard InChI is InChI=1S/C59H56F2N2/c1-55-29-13-15-31-57(55,3)62(51-27-23-43(60)33-39(51)37-55)45-25-26-48-49(35-45)59(41-17-7-5-8-18-41,42-19-9-6-10-20-42)50-36-53(46-21-11-12-22-47(46)54(48)50)63-52-28-24-44(61)34-40(52)38-56(2)30-14-16-32-58(56,63)4/h5-12,17-28,33-36H,13-16,29-32,37-38H2,1-4H3. The molecule has 4 atom stereocenters. The van der Waals surface area contributed by atoms with Crippen LogP contribution in [0.3, 0.4) is 0 Å². The zero-order chi connectivity index (χ0) is 42.9. The van der Waals surface area contributed by atoms with Crippen LogP contribution in [-0.2, 0) is 18.3 Å². The van der Waals surface area contributed by atoms with Crippen molar-refractivity contribution in [2.24, 2.45) is 10.8 Å². The normalized spacial score (nSPS) is 26.6. The number of anilines is 4. The second-order valence-corrected chi connectivity index (χ2v) is 20.7. The average molecular weight is 831 g/mol. The fraction of sp³-hybridized carbons (Fsp3) is 0.322. The lowest BCUT2D eigenvalue weighted by atomic mass is 9.57. The summed E-state index contributed by atoms with van der Waals surface area (Å²) in [6.07, 6.45) is 10.8. The van der Waals surface area contributed by atoms with Gasteiger partial charge in [0.05, 0.1) is 5.41 Å². The van der Waals surface area contributed by atoms with E-state index in [-0.39, 0.29) is 33.5 Å². The molecule has 2 heterocycles. The molecule has 0 spiro atoms. The van der Waals surface area contributed by atoms with Crippen LogP contribution in [0, 0.1) is 22.5 Å². The van der Waals surface area contributed by atoms with Gasteiger partial charge in [0.15, 0.2) is 0 Å². The van der Waals surface area contributed by atoms with Crippen LogP contribution in [0.15, 0.2) is 146 Å². The summed E-state index contributed by atoms with van der Waals surface area (Å²) in [6, 6.07) is 52.2. The van der Waals surface area contributed by atoms with Crippen molar-refractivity contribution in [3.05, 3.63) is 191 Å². The molecular weight excluding hydrogens is 775 g/mol. The van der Waals surface area contributed by atoms with Gasteiger partial charge in [0.1, 0.15) is 11.6 Å². The third-order valence-corrected chi connectivity index (χ3v) is 17.6. The quantitative estimate of drug-likeness (QED) is 0.174. The Morgan fingerprint density at radius 1 is 0.444 bits per heavy atom. The molecule has 63 heavy (non-hydrogen) atoms. The number of hydrogen-bond acceptors (Lipinski definition) is 2. The minimum absolute atomic E-state index is 0.0214. The molecule has 0 bridgehead atoms. The third kappa shape index (κ3) is 5.21. The molecular formula is C59H56F2N2. The van der Waals surface area contributed by atoms with E-state index in [9.17, 15) is 0 Å². The SMILES string of the molecule is CC12CCCCC1(C)N(c1ccc3c(c1)C(c1ccccc1)(c1ccccc1)c1cc(N4c5ccc(F)cc5CC5(C)CCCCC45C)c4ccccc4c1-3)c1ccc(F)cc1C2. The summed E-state index contributed by atoms with van der Waals surface area (Å²) < 4.78 is 30.5. The van der Waals surface area contributed by atoms with Crippen molar-refractivity contribution in [3.8, 4) is 11.1 Å². The van der Waals surface area contributed by atoms with E-state index >= 15 is 8.78 Å². The molecule has 2 aliphatic heterocycles. The lowest BCUT2D eigenvalue weighted by Gasteiger charge is -2.60. The molecule has 7 aromatic rings. The molecule has 12 rings (SSSR count). The van der Waals surface area contributed by atoms with Crippen LogP contribution >= 0.6 is 0 Å². The van der Waals surface area contributed by atoms with Crippen LogP contribution < -0.4 is 9.80 Å². The maximum absolute atomic E-state index is 15.3. The van der Waals surface area contributed by atoms with E-state index in [0.29, 0.717) is 0 Å². The van der Waals surface area contributed by atoms with E-state index < -0.39 is 5.41 Å². The van der Waals surface area contributed by atoms with Gasteiger partial charge in [0.2, 0.25) is 0 Å². The first kappa shape index (κ1) is 38.9. The number of rotatable bonds is 4. The zero-order valence-corrected chi connectivity index (χ0v) is 37.1. The Hall–Kier alpha value is -5.74. The number of nitrogens with zero attached hydrogens (tertiary/aromatic N) is 2. The molecule has 0 aromatic heterocycles. The molecule has 3 aliphatic carbocycles. The minimum Gasteiger partial charge on any atom is -0.335 e.